The van der Waals surface area contributed by atoms with Crippen molar-refractivity contribution < 1.29 is 23.9 Å². The second-order valence-electron chi connectivity index (χ2n) is 10.8. The maximum atomic E-state index is 12.7. The molecule has 11 heteroatoms. The van der Waals surface area contributed by atoms with E-state index in [0.29, 0.717) is 38.0 Å². The van der Waals surface area contributed by atoms with Gasteiger partial charge in [0.2, 0.25) is 23.6 Å². The van der Waals surface area contributed by atoms with Crippen LogP contribution in [0, 0.1) is 0 Å². The summed E-state index contributed by atoms with van der Waals surface area (Å²) in [7, 11) is 0. The van der Waals surface area contributed by atoms with Crippen molar-refractivity contribution in [3.05, 3.63) is 0 Å². The second-order valence-corrected chi connectivity index (χ2v) is 10.8. The van der Waals surface area contributed by atoms with Crippen LogP contribution in [-0.2, 0) is 23.9 Å². The van der Waals surface area contributed by atoms with Gasteiger partial charge in [-0.15, -0.1) is 0 Å². The topological polar surface area (TPSA) is 115 Å². The lowest BCUT2D eigenvalue weighted by Crippen LogP contribution is -2.53. The monoisotopic (exact) mass is 492 g/mol. The van der Waals surface area contributed by atoms with Crippen LogP contribution in [0.5, 0.6) is 0 Å². The number of carbonyl (C=O) groups excluding carboxylic acids is 4. The molecular formula is C24H40N6O5. The molecule has 4 fully saturated rings. The molecule has 0 bridgehead atoms. The fourth-order valence-corrected chi connectivity index (χ4v) is 5.78. The fraction of sp³-hybridized carbons (Fsp3) is 0.833. The van der Waals surface area contributed by atoms with Crippen LogP contribution in [0.25, 0.3) is 0 Å². The minimum atomic E-state index is -0.545. The van der Waals surface area contributed by atoms with Crippen LogP contribution in [0.1, 0.15) is 40.5 Å². The van der Waals surface area contributed by atoms with Gasteiger partial charge in [-0.05, 0) is 40.5 Å². The van der Waals surface area contributed by atoms with Crippen molar-refractivity contribution in [3.63, 3.8) is 0 Å². The number of nitrogens with one attached hydrogen (secondary N) is 2. The predicted molar refractivity (Wildman–Crippen MR) is 128 cm³/mol. The first-order valence-electron chi connectivity index (χ1n) is 12.9. The quantitative estimate of drug-likeness (QED) is 0.429. The molecule has 0 aliphatic carbocycles. The maximum absolute atomic E-state index is 12.7. The number of fused-ring (bicyclic) bond motifs is 2. The highest BCUT2D eigenvalue weighted by Crippen LogP contribution is 2.25. The first-order valence-corrected chi connectivity index (χ1v) is 12.9. The molecule has 0 radical (unpaired) electrons. The Balaban J connectivity index is 1.16. The molecule has 4 amide bonds. The number of ether oxygens (including phenoxy) is 1. The van der Waals surface area contributed by atoms with Gasteiger partial charge >= 0.3 is 0 Å². The molecule has 4 aliphatic rings. The zero-order valence-corrected chi connectivity index (χ0v) is 21.4. The minimum Gasteiger partial charge on any atom is -0.362 e. The van der Waals surface area contributed by atoms with Crippen molar-refractivity contribution in [1.82, 2.24) is 30.2 Å². The number of carbonyl (C=O) groups is 4. The number of hydrogen-bond donors (Lipinski definition) is 2. The number of amides is 4. The second kappa shape index (κ2) is 10.8. The molecule has 11 nitrogen and oxygen atoms in total. The molecule has 0 saturated carbocycles. The van der Waals surface area contributed by atoms with Crippen molar-refractivity contribution in [1.29, 1.82) is 0 Å². The summed E-state index contributed by atoms with van der Waals surface area (Å²) in [5, 5.41) is 5.52. The average molecular weight is 493 g/mol. The lowest BCUT2D eigenvalue weighted by Gasteiger charge is -2.39. The summed E-state index contributed by atoms with van der Waals surface area (Å²) < 4.78 is 5.29. The molecule has 35 heavy (non-hydrogen) atoms. The molecule has 2 N–H and O–H groups in total. The number of rotatable bonds is 8. The van der Waals surface area contributed by atoms with Gasteiger partial charge in [0, 0.05) is 63.4 Å². The summed E-state index contributed by atoms with van der Waals surface area (Å²) in [6, 6.07) is -0.00272. The highest BCUT2D eigenvalue weighted by molar-refractivity contribution is 5.91. The Labute approximate surface area is 207 Å². The van der Waals surface area contributed by atoms with Crippen molar-refractivity contribution in [2.45, 2.75) is 76.8 Å². The van der Waals surface area contributed by atoms with E-state index >= 15 is 0 Å². The molecule has 4 unspecified atom stereocenters. The first-order chi connectivity index (χ1) is 16.6. The average Bonchev–Trinajstić information content (AvgIpc) is 3.28. The zero-order chi connectivity index (χ0) is 25.3. The molecular weight excluding hydrogens is 452 g/mol. The Morgan fingerprint density at radius 1 is 0.771 bits per heavy atom. The minimum absolute atomic E-state index is 0.0447. The summed E-state index contributed by atoms with van der Waals surface area (Å²) in [5.74, 6) is -0.924. The normalized spacial score (nSPS) is 29.7. The summed E-state index contributed by atoms with van der Waals surface area (Å²) in [6.07, 6.45) is 1.17. The predicted octanol–water partition coefficient (Wildman–Crippen LogP) is -1.38. The lowest BCUT2D eigenvalue weighted by atomic mass is 10.1. The Hall–Kier alpha value is -2.24. The molecule has 4 aliphatic heterocycles. The molecule has 196 valence electrons. The molecule has 4 atom stereocenters. The van der Waals surface area contributed by atoms with Gasteiger partial charge < -0.3 is 25.2 Å². The third kappa shape index (κ3) is 5.78. The van der Waals surface area contributed by atoms with Gasteiger partial charge in [0.25, 0.3) is 0 Å². The standard InChI is InChI=1S/C24H40N6O5/c1-15(2)27-5-7-29-17(11-27)9-19(23(29)33)25-21(31)13-35-14-22(32)26-20-10-18-12-28(16(3)4)6-8-30(18)24(20)34/h15-20H,5-14H2,1-4H3,(H,25,31)(H,26,32). The van der Waals surface area contributed by atoms with Crippen LogP contribution in [0.3, 0.4) is 0 Å². The molecule has 4 saturated heterocycles. The zero-order valence-electron chi connectivity index (χ0n) is 21.4. The molecule has 0 aromatic carbocycles. The first kappa shape index (κ1) is 25.8. The van der Waals surface area contributed by atoms with Crippen LogP contribution in [0.15, 0.2) is 0 Å². The largest absolute Gasteiger partial charge is 0.362 e. The summed E-state index contributed by atoms with van der Waals surface area (Å²) in [4.78, 5) is 58.5. The van der Waals surface area contributed by atoms with E-state index in [1.165, 1.54) is 0 Å². The van der Waals surface area contributed by atoms with Gasteiger partial charge in [0.05, 0.1) is 0 Å². The lowest BCUT2D eigenvalue weighted by molar-refractivity contribution is -0.138. The number of nitrogens with zero attached hydrogens (tertiary/aromatic N) is 4. The molecule has 0 aromatic heterocycles. The fourth-order valence-electron chi connectivity index (χ4n) is 5.78. The van der Waals surface area contributed by atoms with E-state index in [-0.39, 0.29) is 37.1 Å². The Bertz CT molecular complexity index is 769. The molecule has 0 spiro atoms. The van der Waals surface area contributed by atoms with E-state index in [1.54, 1.807) is 0 Å². The van der Waals surface area contributed by atoms with E-state index in [0.717, 1.165) is 26.2 Å². The van der Waals surface area contributed by atoms with E-state index < -0.39 is 23.9 Å². The van der Waals surface area contributed by atoms with Crippen molar-refractivity contribution in [2.75, 3.05) is 52.5 Å². The molecule has 4 rings (SSSR count). The van der Waals surface area contributed by atoms with Crippen molar-refractivity contribution in [3.8, 4) is 0 Å². The van der Waals surface area contributed by atoms with Gasteiger partial charge in [-0.2, -0.15) is 0 Å². The number of hydrogen-bond acceptors (Lipinski definition) is 7. The van der Waals surface area contributed by atoms with Crippen LogP contribution in [-0.4, -0.2) is 132 Å². The third-order valence-electron chi connectivity index (χ3n) is 7.80. The van der Waals surface area contributed by atoms with Crippen LogP contribution >= 0.6 is 0 Å². The Morgan fingerprint density at radius 2 is 1.17 bits per heavy atom. The molecule has 0 aromatic rings. The van der Waals surface area contributed by atoms with Gasteiger partial charge in [0.1, 0.15) is 25.3 Å². The Morgan fingerprint density at radius 3 is 1.54 bits per heavy atom. The van der Waals surface area contributed by atoms with Crippen LogP contribution < -0.4 is 10.6 Å². The van der Waals surface area contributed by atoms with Gasteiger partial charge in [-0.25, -0.2) is 0 Å². The van der Waals surface area contributed by atoms with E-state index in [2.05, 4.69) is 48.1 Å². The summed E-state index contributed by atoms with van der Waals surface area (Å²) in [5.41, 5.74) is 0. The van der Waals surface area contributed by atoms with E-state index in [1.807, 2.05) is 9.80 Å². The highest BCUT2D eigenvalue weighted by atomic mass is 16.5. The van der Waals surface area contributed by atoms with Crippen molar-refractivity contribution in [2.24, 2.45) is 0 Å². The SMILES string of the molecule is CC(C)N1CCN2C(=O)C(NC(=O)COCC(=O)NC3CC4CN(C(C)C)CCN4C3=O)CC2C1. The van der Waals surface area contributed by atoms with Gasteiger partial charge in [-0.3, -0.25) is 29.0 Å². The maximum Gasteiger partial charge on any atom is 0.246 e. The summed E-state index contributed by atoms with van der Waals surface area (Å²) in [6.45, 7) is 12.7. The van der Waals surface area contributed by atoms with E-state index in [4.69, 9.17) is 4.74 Å². The molecule has 4 heterocycles. The van der Waals surface area contributed by atoms with Gasteiger partial charge in [0.15, 0.2) is 0 Å². The Kier molecular flexibility index (Phi) is 7.97. The summed E-state index contributed by atoms with van der Waals surface area (Å²) >= 11 is 0. The highest BCUT2D eigenvalue weighted by Gasteiger charge is 2.44. The van der Waals surface area contributed by atoms with Crippen LogP contribution in [0.4, 0.5) is 0 Å². The van der Waals surface area contributed by atoms with Gasteiger partial charge in [-0.1, -0.05) is 0 Å². The number of piperazine rings is 2. The van der Waals surface area contributed by atoms with E-state index in [9.17, 15) is 19.2 Å². The smallest absolute Gasteiger partial charge is 0.246 e. The van der Waals surface area contributed by atoms with Crippen LogP contribution in [0.2, 0.25) is 0 Å². The van der Waals surface area contributed by atoms with Crippen molar-refractivity contribution >= 4 is 23.6 Å². The third-order valence-corrected chi connectivity index (χ3v) is 7.80.